The molecule has 0 aliphatic heterocycles. The number of allylic oxidation sites excluding steroid dienone is 1. The van der Waals surface area contributed by atoms with Crippen molar-refractivity contribution in [1.29, 1.82) is 0 Å². The average Bonchev–Trinajstić information content (AvgIpc) is 3.68. The molecule has 0 aromatic carbocycles. The van der Waals surface area contributed by atoms with E-state index in [4.69, 9.17) is 0 Å². The maximum absolute atomic E-state index is 14.9. The summed E-state index contributed by atoms with van der Waals surface area (Å²) in [7, 11) is 0. The van der Waals surface area contributed by atoms with E-state index in [0.717, 1.165) is 69.6 Å². The van der Waals surface area contributed by atoms with Gasteiger partial charge in [0, 0.05) is 23.7 Å². The zero-order valence-corrected chi connectivity index (χ0v) is 42.3. The summed E-state index contributed by atoms with van der Waals surface area (Å²) in [6, 6.07) is 0. The van der Waals surface area contributed by atoms with Gasteiger partial charge in [-0.2, -0.15) is 0 Å². The van der Waals surface area contributed by atoms with Gasteiger partial charge < -0.3 is 10.2 Å². The normalized spacial score (nSPS) is 47.9. The van der Waals surface area contributed by atoms with Gasteiger partial charge in [-0.3, -0.25) is 0 Å². The molecule has 0 amide bonds. The molecular formula is C56H94F4O2. The van der Waals surface area contributed by atoms with Gasteiger partial charge in [-0.15, -0.1) is 0 Å². The van der Waals surface area contributed by atoms with Crippen LogP contribution in [-0.2, 0) is 0 Å². The van der Waals surface area contributed by atoms with Crippen LogP contribution in [0.2, 0.25) is 0 Å². The van der Waals surface area contributed by atoms with Crippen LogP contribution in [0.4, 0.5) is 17.6 Å². The maximum atomic E-state index is 14.9. The molecule has 6 heteroatoms. The molecule has 0 unspecified atom stereocenters. The van der Waals surface area contributed by atoms with Crippen molar-refractivity contribution in [3.63, 3.8) is 0 Å². The summed E-state index contributed by atoms with van der Waals surface area (Å²) in [6.45, 7) is 28.3. The summed E-state index contributed by atoms with van der Waals surface area (Å²) in [4.78, 5) is 0. The van der Waals surface area contributed by atoms with Crippen LogP contribution >= 0.6 is 0 Å². The third-order valence-electron chi connectivity index (χ3n) is 22.2. The van der Waals surface area contributed by atoms with E-state index in [1.165, 1.54) is 56.9 Å². The fourth-order valence-corrected chi connectivity index (χ4v) is 17.9. The first kappa shape index (κ1) is 49.3. The largest absolute Gasteiger partial charge is 0.390 e. The topological polar surface area (TPSA) is 40.5 Å². The van der Waals surface area contributed by atoms with Crippen molar-refractivity contribution in [2.24, 2.45) is 97.6 Å². The highest BCUT2D eigenvalue weighted by molar-refractivity contribution is 5.27. The molecule has 0 bridgehead atoms. The highest BCUT2D eigenvalue weighted by Crippen LogP contribution is 2.71. The molecule has 2 N–H and O–H groups in total. The Bertz CT molecular complexity index is 1650. The van der Waals surface area contributed by atoms with Gasteiger partial charge >= 0.3 is 0 Å². The third kappa shape index (κ3) is 8.38. The highest BCUT2D eigenvalue weighted by Gasteiger charge is 2.63. The third-order valence-corrected chi connectivity index (χ3v) is 22.2. The summed E-state index contributed by atoms with van der Waals surface area (Å²) in [5.41, 5.74) is -0.424. The molecule has 8 aliphatic rings. The first-order chi connectivity index (χ1) is 28.2. The predicted octanol–water partition coefficient (Wildman–Crippen LogP) is 16.1. The predicted molar refractivity (Wildman–Crippen MR) is 248 cm³/mol. The fraction of sp³-hybridized carbons (Fsp3) is 0.964. The van der Waals surface area contributed by atoms with Crippen LogP contribution in [0.3, 0.4) is 0 Å². The minimum absolute atomic E-state index is 0.0222. The van der Waals surface area contributed by atoms with E-state index in [0.29, 0.717) is 46.8 Å². The van der Waals surface area contributed by atoms with Gasteiger partial charge in [-0.05, 0) is 210 Å². The molecule has 358 valence electrons. The van der Waals surface area contributed by atoms with Crippen molar-refractivity contribution in [2.75, 3.05) is 0 Å². The van der Waals surface area contributed by atoms with Gasteiger partial charge in [0.15, 0.2) is 0 Å². The number of alkyl halides is 4. The summed E-state index contributed by atoms with van der Waals surface area (Å²) in [5, 5.41) is 21.4. The second kappa shape index (κ2) is 16.0. The van der Waals surface area contributed by atoms with E-state index in [2.05, 4.69) is 47.6 Å². The van der Waals surface area contributed by atoms with Gasteiger partial charge in [-0.25, -0.2) is 17.6 Å². The Balaban J connectivity index is 0.000000186. The fourth-order valence-electron chi connectivity index (χ4n) is 17.9. The first-order valence-electron chi connectivity index (χ1n) is 26.1. The molecule has 8 aliphatic carbocycles. The zero-order valence-electron chi connectivity index (χ0n) is 42.3. The first-order valence-corrected chi connectivity index (χ1v) is 26.1. The Morgan fingerprint density at radius 1 is 0.548 bits per heavy atom. The van der Waals surface area contributed by atoms with Crippen molar-refractivity contribution < 1.29 is 27.8 Å². The summed E-state index contributed by atoms with van der Waals surface area (Å²) in [6.07, 6.45) is 21.7. The molecule has 0 saturated heterocycles. The lowest BCUT2D eigenvalue weighted by Gasteiger charge is -2.62. The molecule has 7 saturated carbocycles. The van der Waals surface area contributed by atoms with Crippen molar-refractivity contribution in [1.82, 2.24) is 0 Å². The lowest BCUT2D eigenvalue weighted by Crippen LogP contribution is -2.55. The Kier molecular flexibility index (Phi) is 12.7. The second-order valence-corrected chi connectivity index (χ2v) is 28.0. The van der Waals surface area contributed by atoms with E-state index in [1.807, 2.05) is 13.8 Å². The number of hydrogen-bond acceptors (Lipinski definition) is 2. The quantitative estimate of drug-likeness (QED) is 0.206. The molecule has 0 aromatic rings. The standard InChI is InChI=1S/C28H48F2O.C28H46F2O/c2*1-18(16-28(29,30)24(2,3)4)21-10-11-22-20-9-8-19-17-25(5,31)14-15-26(19,6)23(20)12-13-27(21,22)7/h18-23,31H,8-17H2,1-7H3;8,18,20-23,31H,9-17H2,1-7H3/t18-,19+,20+,21-,22+,23+,25+,26+,27-;18-,20+,21-,22+,23+,25+,26+,27-/m11/s1. The van der Waals surface area contributed by atoms with Crippen LogP contribution in [0.15, 0.2) is 11.6 Å². The van der Waals surface area contributed by atoms with Crippen molar-refractivity contribution >= 4 is 0 Å². The summed E-state index contributed by atoms with van der Waals surface area (Å²) in [5.74, 6) is 0.728. The molecular weight excluding hydrogens is 781 g/mol. The van der Waals surface area contributed by atoms with E-state index < -0.39 is 33.9 Å². The Labute approximate surface area is 377 Å². The van der Waals surface area contributed by atoms with Gasteiger partial charge in [0.25, 0.3) is 11.8 Å². The Morgan fingerprint density at radius 3 is 1.53 bits per heavy atom. The minimum atomic E-state index is -2.62. The van der Waals surface area contributed by atoms with E-state index in [-0.39, 0.29) is 40.9 Å². The van der Waals surface area contributed by atoms with Gasteiger partial charge in [0.2, 0.25) is 0 Å². The van der Waals surface area contributed by atoms with Gasteiger partial charge in [-0.1, -0.05) is 94.7 Å². The van der Waals surface area contributed by atoms with Crippen molar-refractivity contribution in [3.05, 3.63) is 11.6 Å². The smallest absolute Gasteiger partial charge is 0.253 e. The lowest BCUT2D eigenvalue weighted by atomic mass is 9.43. The van der Waals surface area contributed by atoms with Crippen LogP contribution in [0.1, 0.15) is 219 Å². The Hall–Kier alpha value is -0.620. The molecule has 17 atom stereocenters. The van der Waals surface area contributed by atoms with Crippen LogP contribution in [0, 0.1) is 97.6 Å². The molecule has 62 heavy (non-hydrogen) atoms. The van der Waals surface area contributed by atoms with Crippen LogP contribution in [-0.4, -0.2) is 33.3 Å². The van der Waals surface area contributed by atoms with Crippen LogP contribution in [0.5, 0.6) is 0 Å². The average molecular weight is 875 g/mol. The summed E-state index contributed by atoms with van der Waals surface area (Å²) < 4.78 is 59.7. The molecule has 7 fully saturated rings. The zero-order chi connectivity index (χ0) is 46.1. The van der Waals surface area contributed by atoms with E-state index in [9.17, 15) is 27.8 Å². The number of fused-ring (bicyclic) bond motifs is 10. The number of hydrogen-bond donors (Lipinski definition) is 2. The van der Waals surface area contributed by atoms with Crippen LogP contribution < -0.4 is 0 Å². The number of aliphatic hydroxyl groups is 2. The molecule has 0 radical (unpaired) electrons. The lowest BCUT2D eigenvalue weighted by molar-refractivity contribution is -0.152. The highest BCUT2D eigenvalue weighted by atomic mass is 19.3. The summed E-state index contributed by atoms with van der Waals surface area (Å²) >= 11 is 0. The van der Waals surface area contributed by atoms with Crippen LogP contribution in [0.25, 0.3) is 0 Å². The molecule has 0 aromatic heterocycles. The molecule has 8 rings (SSSR count). The molecule has 2 nitrogen and oxygen atoms in total. The maximum Gasteiger partial charge on any atom is 0.253 e. The minimum Gasteiger partial charge on any atom is -0.390 e. The Morgan fingerprint density at radius 2 is 1.02 bits per heavy atom. The molecule has 0 heterocycles. The van der Waals surface area contributed by atoms with Crippen molar-refractivity contribution in [3.8, 4) is 0 Å². The van der Waals surface area contributed by atoms with Gasteiger partial charge in [0.1, 0.15) is 0 Å². The van der Waals surface area contributed by atoms with Gasteiger partial charge in [0.05, 0.1) is 11.2 Å². The number of rotatable bonds is 6. The van der Waals surface area contributed by atoms with Crippen molar-refractivity contribution in [2.45, 2.75) is 242 Å². The monoisotopic (exact) mass is 875 g/mol. The SMILES string of the molecule is C[C@H](CC(F)(F)C(C)(C)C)[C@H]1CC[C@H]2[C@@H]3CC=C4C[C@@](C)(O)CC[C@]4(C)[C@H]3CC[C@]12C.C[C@H](CC(F)(F)C(C)(C)C)[C@H]1CC[C@H]2[C@@H]3CC[C@H]4C[C@@](C)(O)CC[C@]4(C)[C@H]3CC[C@]12C. The van der Waals surface area contributed by atoms with E-state index in [1.54, 1.807) is 41.5 Å². The molecule has 0 spiro atoms. The second-order valence-electron chi connectivity index (χ2n) is 28.0. The van der Waals surface area contributed by atoms with E-state index >= 15 is 0 Å². The number of halogens is 4.